The smallest absolute Gasteiger partial charge is 0.253 e. The Morgan fingerprint density at radius 3 is 2.79 bits per heavy atom. The summed E-state index contributed by atoms with van der Waals surface area (Å²) in [7, 11) is 0. The largest absolute Gasteiger partial charge is 0.467 e. The zero-order chi connectivity index (χ0) is 22.4. The zero-order valence-corrected chi connectivity index (χ0v) is 19.5. The monoisotopic (exact) mass is 493 g/mol. The second kappa shape index (κ2) is 8.33. The quantitative estimate of drug-likeness (QED) is 0.295. The van der Waals surface area contributed by atoms with Crippen molar-refractivity contribution in [1.29, 1.82) is 0 Å². The summed E-state index contributed by atoms with van der Waals surface area (Å²) in [5.41, 5.74) is 2.79. The van der Waals surface area contributed by atoms with Crippen molar-refractivity contribution in [3.05, 3.63) is 83.3 Å². The first kappa shape index (κ1) is 20.5. The van der Waals surface area contributed by atoms with Crippen molar-refractivity contribution in [3.63, 3.8) is 0 Å². The van der Waals surface area contributed by atoms with E-state index in [1.54, 1.807) is 17.6 Å². The van der Waals surface area contributed by atoms with Crippen LogP contribution in [0.5, 0.6) is 0 Å². The molecule has 0 fully saturated rings. The maximum atomic E-state index is 13.3. The Hall–Kier alpha value is -3.14. The number of halogens is 1. The molecule has 7 nitrogen and oxygen atoms in total. The van der Waals surface area contributed by atoms with Crippen molar-refractivity contribution in [2.75, 3.05) is 5.75 Å². The molecule has 4 heterocycles. The number of amides is 1. The summed E-state index contributed by atoms with van der Waals surface area (Å²) < 4.78 is 8.75. The lowest BCUT2D eigenvalue weighted by Crippen LogP contribution is -2.28. The number of carbonyl (C=O) groups is 1. The molecule has 1 unspecified atom stereocenters. The second-order valence-electron chi connectivity index (χ2n) is 7.49. The first-order valence-corrected chi connectivity index (χ1v) is 12.4. The average Bonchev–Trinajstić information content (AvgIpc) is 3.61. The van der Waals surface area contributed by atoms with Crippen molar-refractivity contribution >= 4 is 61.5 Å². The van der Waals surface area contributed by atoms with Crippen LogP contribution in [0.1, 0.15) is 23.8 Å². The van der Waals surface area contributed by atoms with Crippen LogP contribution < -0.4 is 0 Å². The SMILES string of the molecule is O=C(CSc1nnc2sc3ccccc3n12)N1N=C(c2ccc(Cl)cc2)CC1c1ccco1. The number of hydrogen-bond donors (Lipinski definition) is 0. The van der Waals surface area contributed by atoms with E-state index >= 15 is 0 Å². The summed E-state index contributed by atoms with van der Waals surface area (Å²) in [6.45, 7) is 0. The minimum Gasteiger partial charge on any atom is -0.467 e. The number of thiazole rings is 1. The van der Waals surface area contributed by atoms with Crippen LogP contribution in [0, 0.1) is 0 Å². The first-order valence-electron chi connectivity index (χ1n) is 10.2. The molecule has 1 amide bonds. The molecule has 2 aromatic carbocycles. The van der Waals surface area contributed by atoms with E-state index in [0.29, 0.717) is 22.4 Å². The number of rotatable bonds is 5. The third-order valence-corrected chi connectivity index (χ3v) is 7.63. The van der Waals surface area contributed by atoms with Crippen LogP contribution in [0.3, 0.4) is 0 Å². The van der Waals surface area contributed by atoms with Crippen LogP contribution in [-0.4, -0.2) is 37.0 Å². The Morgan fingerprint density at radius 1 is 1.12 bits per heavy atom. The van der Waals surface area contributed by atoms with Gasteiger partial charge in [0, 0.05) is 11.4 Å². The standard InChI is InChI=1S/C23H16ClN5O2S2/c24-15-9-7-14(8-10-15)16-12-18(19-5-3-11-31-19)29(27-16)21(30)13-32-22-25-26-23-28(22)17-4-1-2-6-20(17)33-23/h1-11,18H,12-13H2. The van der Waals surface area contributed by atoms with Gasteiger partial charge in [0.1, 0.15) is 11.8 Å². The van der Waals surface area contributed by atoms with Gasteiger partial charge in [-0.2, -0.15) is 5.10 Å². The second-order valence-corrected chi connectivity index (χ2v) is 9.87. The van der Waals surface area contributed by atoms with Gasteiger partial charge in [-0.3, -0.25) is 9.20 Å². The highest BCUT2D eigenvalue weighted by Gasteiger charge is 2.35. The van der Waals surface area contributed by atoms with Crippen LogP contribution in [-0.2, 0) is 4.79 Å². The Bertz CT molecular complexity index is 1490. The summed E-state index contributed by atoms with van der Waals surface area (Å²) in [4.78, 5) is 14.1. The van der Waals surface area contributed by atoms with Crippen LogP contribution in [0.4, 0.5) is 0 Å². The molecule has 164 valence electrons. The van der Waals surface area contributed by atoms with Gasteiger partial charge >= 0.3 is 0 Å². The van der Waals surface area contributed by atoms with E-state index in [1.807, 2.05) is 59.0 Å². The number of furan rings is 1. The molecule has 3 aromatic heterocycles. The summed E-state index contributed by atoms with van der Waals surface area (Å²) in [6, 6.07) is 18.9. The fraction of sp³-hybridized carbons (Fsp3) is 0.130. The van der Waals surface area contributed by atoms with E-state index in [9.17, 15) is 4.79 Å². The molecule has 0 bridgehead atoms. The summed E-state index contributed by atoms with van der Waals surface area (Å²) in [6.07, 6.45) is 2.18. The van der Waals surface area contributed by atoms with Crippen molar-refractivity contribution in [3.8, 4) is 0 Å². The van der Waals surface area contributed by atoms with Crippen LogP contribution >= 0.6 is 34.7 Å². The lowest BCUT2D eigenvalue weighted by atomic mass is 10.0. The van der Waals surface area contributed by atoms with E-state index in [-0.39, 0.29) is 17.7 Å². The lowest BCUT2D eigenvalue weighted by molar-refractivity contribution is -0.130. The summed E-state index contributed by atoms with van der Waals surface area (Å²) in [5.74, 6) is 0.760. The normalized spacial score (nSPS) is 16.1. The summed E-state index contributed by atoms with van der Waals surface area (Å²) in [5, 5.41) is 16.1. The third kappa shape index (κ3) is 3.72. The highest BCUT2D eigenvalue weighted by molar-refractivity contribution is 7.99. The van der Waals surface area contributed by atoms with Gasteiger partial charge in [0.25, 0.3) is 5.91 Å². The average molecular weight is 494 g/mol. The van der Waals surface area contributed by atoms with Crippen molar-refractivity contribution in [2.24, 2.45) is 5.10 Å². The first-order chi connectivity index (χ1) is 16.2. The van der Waals surface area contributed by atoms with E-state index in [4.69, 9.17) is 16.0 Å². The van der Waals surface area contributed by atoms with Gasteiger partial charge in [0.05, 0.1) is 27.9 Å². The van der Waals surface area contributed by atoms with Crippen LogP contribution in [0.25, 0.3) is 15.2 Å². The van der Waals surface area contributed by atoms with Gasteiger partial charge in [-0.25, -0.2) is 5.01 Å². The van der Waals surface area contributed by atoms with Gasteiger partial charge in [0.15, 0.2) is 5.16 Å². The fourth-order valence-electron chi connectivity index (χ4n) is 3.90. The molecule has 0 spiro atoms. The molecule has 0 saturated heterocycles. The Labute approximate surface area is 201 Å². The Kier molecular flexibility index (Phi) is 5.17. The van der Waals surface area contributed by atoms with Gasteiger partial charge < -0.3 is 4.42 Å². The molecule has 0 aliphatic carbocycles. The molecular formula is C23H16ClN5O2S2. The van der Waals surface area contributed by atoms with E-state index in [2.05, 4.69) is 21.4 Å². The highest BCUT2D eigenvalue weighted by atomic mass is 35.5. The number of hydrazone groups is 1. The van der Waals surface area contributed by atoms with Crippen LogP contribution in [0.15, 0.2) is 81.6 Å². The van der Waals surface area contributed by atoms with E-state index in [0.717, 1.165) is 26.5 Å². The molecule has 0 radical (unpaired) electrons. The molecule has 1 aliphatic heterocycles. The van der Waals surface area contributed by atoms with Gasteiger partial charge in [-0.05, 0) is 42.0 Å². The topological polar surface area (TPSA) is 76.0 Å². The predicted molar refractivity (Wildman–Crippen MR) is 130 cm³/mol. The van der Waals surface area contributed by atoms with Crippen molar-refractivity contribution in [2.45, 2.75) is 17.6 Å². The molecule has 0 saturated carbocycles. The number of benzene rings is 2. The van der Waals surface area contributed by atoms with Gasteiger partial charge in [-0.1, -0.05) is 59.0 Å². The van der Waals surface area contributed by atoms with Crippen molar-refractivity contribution in [1.82, 2.24) is 19.6 Å². The maximum Gasteiger partial charge on any atom is 0.253 e. The third-order valence-electron chi connectivity index (χ3n) is 5.45. The zero-order valence-electron chi connectivity index (χ0n) is 17.1. The molecule has 1 atom stereocenters. The number of carbonyl (C=O) groups excluding carboxylic acids is 1. The predicted octanol–water partition coefficient (Wildman–Crippen LogP) is 5.66. The molecule has 33 heavy (non-hydrogen) atoms. The highest BCUT2D eigenvalue weighted by Crippen LogP contribution is 2.35. The number of hydrogen-bond acceptors (Lipinski definition) is 7. The number of fused-ring (bicyclic) bond motifs is 3. The minimum atomic E-state index is -0.292. The van der Waals surface area contributed by atoms with Gasteiger partial charge in [0.2, 0.25) is 4.96 Å². The number of thioether (sulfide) groups is 1. The number of para-hydroxylation sites is 1. The molecule has 0 N–H and O–H groups in total. The Morgan fingerprint density at radius 2 is 1.97 bits per heavy atom. The molecule has 10 heteroatoms. The van der Waals surface area contributed by atoms with Crippen molar-refractivity contribution < 1.29 is 9.21 Å². The summed E-state index contributed by atoms with van der Waals surface area (Å²) >= 11 is 8.97. The fourth-order valence-corrected chi connectivity index (χ4v) is 5.85. The lowest BCUT2D eigenvalue weighted by Gasteiger charge is -2.19. The number of nitrogens with zero attached hydrogens (tertiary/aromatic N) is 5. The van der Waals surface area contributed by atoms with Crippen LogP contribution in [0.2, 0.25) is 5.02 Å². The maximum absolute atomic E-state index is 13.3. The van der Waals surface area contributed by atoms with E-state index < -0.39 is 0 Å². The minimum absolute atomic E-state index is 0.123. The van der Waals surface area contributed by atoms with E-state index in [1.165, 1.54) is 16.8 Å². The van der Waals surface area contributed by atoms with Gasteiger partial charge in [-0.15, -0.1) is 10.2 Å². The molecule has 1 aliphatic rings. The Balaban J connectivity index is 1.27. The number of aromatic nitrogens is 3. The molecule has 5 aromatic rings. The molecular weight excluding hydrogens is 478 g/mol. The molecule has 6 rings (SSSR count).